The van der Waals surface area contributed by atoms with Crippen LogP contribution in [0.1, 0.15) is 40.6 Å². The Morgan fingerprint density at radius 1 is 1.11 bits per heavy atom. The molecule has 0 unspecified atom stereocenters. The first-order chi connectivity index (χ1) is 16.5. The van der Waals surface area contributed by atoms with E-state index in [0.717, 1.165) is 12.1 Å². The highest BCUT2D eigenvalue weighted by atomic mass is 35.5. The lowest BCUT2D eigenvalue weighted by Gasteiger charge is -2.36. The maximum Gasteiger partial charge on any atom is 0.433 e. The number of ether oxygens (including phenoxy) is 1. The van der Waals surface area contributed by atoms with Gasteiger partial charge in [-0.2, -0.15) is 13.2 Å². The van der Waals surface area contributed by atoms with Gasteiger partial charge in [-0.15, -0.1) is 0 Å². The van der Waals surface area contributed by atoms with Gasteiger partial charge < -0.3 is 15.0 Å². The molecular formula is C22H18ClF5N4O3. The van der Waals surface area contributed by atoms with E-state index in [1.807, 2.05) is 0 Å². The largest absolute Gasteiger partial charge is 0.433 e. The highest BCUT2D eigenvalue weighted by molar-refractivity contribution is 6.30. The molecule has 0 spiro atoms. The van der Waals surface area contributed by atoms with Crippen molar-refractivity contribution in [3.05, 3.63) is 58.1 Å². The van der Waals surface area contributed by atoms with Gasteiger partial charge in [0.15, 0.2) is 0 Å². The van der Waals surface area contributed by atoms with Crippen LogP contribution >= 0.6 is 11.6 Å². The fourth-order valence-electron chi connectivity index (χ4n) is 4.67. The van der Waals surface area contributed by atoms with Crippen molar-refractivity contribution in [2.75, 3.05) is 13.2 Å². The molecule has 3 fully saturated rings. The zero-order chi connectivity index (χ0) is 25.1. The van der Waals surface area contributed by atoms with E-state index >= 15 is 0 Å². The number of carbonyl (C=O) groups is 2. The molecule has 1 aromatic carbocycles. The predicted octanol–water partition coefficient (Wildman–Crippen LogP) is 3.53. The summed E-state index contributed by atoms with van der Waals surface area (Å²) < 4.78 is 73.0. The Bertz CT molecular complexity index is 1190. The van der Waals surface area contributed by atoms with Crippen molar-refractivity contribution in [1.82, 2.24) is 20.2 Å². The van der Waals surface area contributed by atoms with Crippen LogP contribution in [0.15, 0.2) is 24.5 Å². The summed E-state index contributed by atoms with van der Waals surface area (Å²) in [4.78, 5) is 34.5. The van der Waals surface area contributed by atoms with E-state index in [2.05, 4.69) is 15.3 Å². The Morgan fingerprint density at radius 2 is 1.86 bits per heavy atom. The molecule has 35 heavy (non-hydrogen) atoms. The molecule has 3 heterocycles. The lowest BCUT2D eigenvalue weighted by atomic mass is 9.90. The highest BCUT2D eigenvalue weighted by Gasteiger charge is 2.56. The third-order valence-corrected chi connectivity index (χ3v) is 6.92. The van der Waals surface area contributed by atoms with Gasteiger partial charge in [-0.25, -0.2) is 18.7 Å². The number of halogens is 6. The Balaban J connectivity index is 1.39. The molecule has 3 aliphatic rings. The number of carbonyl (C=O) groups excluding carboxylic acids is 2. The maximum atomic E-state index is 14.6. The van der Waals surface area contributed by atoms with E-state index in [-0.39, 0.29) is 36.7 Å². The second-order valence-corrected chi connectivity index (χ2v) is 9.29. The molecule has 0 radical (unpaired) electrons. The lowest BCUT2D eigenvalue weighted by molar-refractivity contribution is -0.141. The van der Waals surface area contributed by atoms with Gasteiger partial charge >= 0.3 is 6.18 Å². The molecule has 4 atom stereocenters. The summed E-state index contributed by atoms with van der Waals surface area (Å²) in [5.41, 5.74) is -1.86. The van der Waals surface area contributed by atoms with Crippen LogP contribution in [0.5, 0.6) is 0 Å². The maximum absolute atomic E-state index is 14.6. The number of rotatable bonds is 5. The van der Waals surface area contributed by atoms with Gasteiger partial charge in [-0.1, -0.05) is 11.6 Å². The van der Waals surface area contributed by atoms with E-state index < -0.39 is 58.1 Å². The summed E-state index contributed by atoms with van der Waals surface area (Å²) in [6.45, 7) is 0.405. The van der Waals surface area contributed by atoms with E-state index in [4.69, 9.17) is 16.3 Å². The SMILES string of the molecule is O=C(N[C@@H](c1cc(F)c(Cl)cc1F)C1COC1)[C@H]1C[C@H]2C[C@H]2N1C(=O)c1cc(C(F)(F)F)ncn1. The van der Waals surface area contributed by atoms with Crippen LogP contribution in [0.25, 0.3) is 0 Å². The van der Waals surface area contributed by atoms with Crippen molar-refractivity contribution in [2.24, 2.45) is 11.8 Å². The number of alkyl halides is 3. The molecule has 2 saturated heterocycles. The number of nitrogens with one attached hydrogen (secondary N) is 1. The summed E-state index contributed by atoms with van der Waals surface area (Å²) in [5.74, 6) is -3.43. The van der Waals surface area contributed by atoms with Crippen molar-refractivity contribution in [3.63, 3.8) is 0 Å². The van der Waals surface area contributed by atoms with Gasteiger partial charge in [0.2, 0.25) is 5.91 Å². The Kier molecular flexibility index (Phi) is 5.91. The van der Waals surface area contributed by atoms with Crippen molar-refractivity contribution in [3.8, 4) is 0 Å². The number of hydrogen-bond acceptors (Lipinski definition) is 5. The normalized spacial score (nSPS) is 24.5. The monoisotopic (exact) mass is 516 g/mol. The first kappa shape index (κ1) is 23.9. The van der Waals surface area contributed by atoms with Crippen LogP contribution in [0.4, 0.5) is 22.0 Å². The van der Waals surface area contributed by atoms with Gasteiger partial charge in [0, 0.05) is 23.6 Å². The summed E-state index contributed by atoms with van der Waals surface area (Å²) in [5, 5.41) is 2.30. The number of benzene rings is 1. The minimum atomic E-state index is -4.77. The number of amides is 2. The Labute approximate surface area is 200 Å². The quantitative estimate of drug-likeness (QED) is 0.485. The average molecular weight is 517 g/mol. The number of nitrogens with zero attached hydrogens (tertiary/aromatic N) is 3. The minimum Gasteiger partial charge on any atom is -0.381 e. The third kappa shape index (κ3) is 4.44. The second kappa shape index (κ2) is 8.66. The molecule has 186 valence electrons. The number of fused-ring (bicyclic) bond motifs is 1. The standard InChI is InChI=1S/C22H18ClF5N4O3/c23-12-4-13(24)11(3-14(12)25)19(10-6-35-7-10)31-20(33)17-2-9-1-16(9)32(17)21(34)15-5-18(22(26,27)28)30-8-29-15/h3-5,8-10,16-17,19H,1-2,6-7H2,(H,31,33)/t9-,16-,17-,19-/m1/s1. The number of aromatic nitrogens is 2. The van der Waals surface area contributed by atoms with Gasteiger partial charge in [0.1, 0.15) is 35.4 Å². The lowest BCUT2D eigenvalue weighted by Crippen LogP contribution is -2.51. The smallest absolute Gasteiger partial charge is 0.381 e. The van der Waals surface area contributed by atoms with E-state index in [1.54, 1.807) is 0 Å². The van der Waals surface area contributed by atoms with Crippen LogP contribution < -0.4 is 5.32 Å². The molecule has 0 bridgehead atoms. The number of hydrogen-bond donors (Lipinski definition) is 1. The molecule has 1 saturated carbocycles. The molecule has 1 N–H and O–H groups in total. The van der Waals surface area contributed by atoms with Gasteiger partial charge in [-0.05, 0) is 30.9 Å². The molecule has 2 aromatic rings. The van der Waals surface area contributed by atoms with Crippen molar-refractivity contribution >= 4 is 23.4 Å². The van der Waals surface area contributed by atoms with Crippen LogP contribution in [-0.2, 0) is 15.7 Å². The topological polar surface area (TPSA) is 84.4 Å². The summed E-state index contributed by atoms with van der Waals surface area (Å²) in [7, 11) is 0. The van der Waals surface area contributed by atoms with Gasteiger partial charge in [-0.3, -0.25) is 9.59 Å². The fourth-order valence-corrected chi connectivity index (χ4v) is 4.82. The van der Waals surface area contributed by atoms with Crippen molar-refractivity contribution in [2.45, 2.75) is 37.1 Å². The predicted molar refractivity (Wildman–Crippen MR) is 110 cm³/mol. The second-order valence-electron chi connectivity index (χ2n) is 8.88. The van der Waals surface area contributed by atoms with Crippen molar-refractivity contribution < 1.29 is 36.3 Å². The molecular weight excluding hydrogens is 499 g/mol. The molecule has 13 heteroatoms. The molecule has 5 rings (SSSR count). The first-order valence-electron chi connectivity index (χ1n) is 10.8. The first-order valence-corrected chi connectivity index (χ1v) is 11.2. The van der Waals surface area contributed by atoms with Crippen LogP contribution in [0.2, 0.25) is 5.02 Å². The van der Waals surface area contributed by atoms with Crippen LogP contribution in [0.3, 0.4) is 0 Å². The van der Waals surface area contributed by atoms with Gasteiger partial charge in [0.25, 0.3) is 5.91 Å². The zero-order valence-corrected chi connectivity index (χ0v) is 18.6. The van der Waals surface area contributed by atoms with E-state index in [0.29, 0.717) is 25.2 Å². The highest BCUT2D eigenvalue weighted by Crippen LogP contribution is 2.48. The third-order valence-electron chi connectivity index (χ3n) is 6.63. The fraction of sp³-hybridized carbons (Fsp3) is 0.455. The molecule has 1 aliphatic carbocycles. The summed E-state index contributed by atoms with van der Waals surface area (Å²) in [6.07, 6.45) is -3.21. The Hall–Kier alpha value is -2.86. The van der Waals surface area contributed by atoms with E-state index in [1.165, 1.54) is 4.90 Å². The molecule has 2 aliphatic heterocycles. The van der Waals surface area contributed by atoms with Crippen LogP contribution in [-0.4, -0.2) is 52.0 Å². The molecule has 1 aromatic heterocycles. The van der Waals surface area contributed by atoms with E-state index in [9.17, 15) is 31.5 Å². The average Bonchev–Trinajstić information content (AvgIpc) is 3.43. The molecule has 7 nitrogen and oxygen atoms in total. The zero-order valence-electron chi connectivity index (χ0n) is 17.9. The summed E-state index contributed by atoms with van der Waals surface area (Å²) in [6, 6.07) is 0.0200. The van der Waals surface area contributed by atoms with Crippen LogP contribution in [0, 0.1) is 23.5 Å². The Morgan fingerprint density at radius 3 is 2.51 bits per heavy atom. The number of piperidine rings is 1. The van der Waals surface area contributed by atoms with Crippen molar-refractivity contribution in [1.29, 1.82) is 0 Å². The van der Waals surface area contributed by atoms with Gasteiger partial charge in [0.05, 0.1) is 24.3 Å². The summed E-state index contributed by atoms with van der Waals surface area (Å²) >= 11 is 5.65. The number of likely N-dealkylation sites (tertiary alicyclic amines) is 1. The molecule has 2 amide bonds. The minimum absolute atomic E-state index is 0.0221.